The van der Waals surface area contributed by atoms with Gasteiger partial charge in [-0.1, -0.05) is 0 Å². The van der Waals surface area contributed by atoms with Crippen molar-refractivity contribution in [3.63, 3.8) is 0 Å². The van der Waals surface area contributed by atoms with Crippen molar-refractivity contribution >= 4 is 5.97 Å². The van der Waals surface area contributed by atoms with Crippen molar-refractivity contribution in [1.29, 1.82) is 0 Å². The first-order valence-corrected chi connectivity index (χ1v) is 6.51. The number of likely N-dealkylation sites (tertiary alicyclic amines) is 1. The molecule has 1 aromatic heterocycles. The fourth-order valence-corrected chi connectivity index (χ4v) is 2.63. The van der Waals surface area contributed by atoms with Gasteiger partial charge < -0.3 is 14.8 Å². The zero-order chi connectivity index (χ0) is 12.5. The molecule has 0 radical (unpaired) electrons. The fraction of sp³-hybridized carbons (Fsp3) is 0.615. The van der Waals surface area contributed by atoms with E-state index in [1.54, 1.807) is 0 Å². The van der Waals surface area contributed by atoms with Crippen LogP contribution in [-0.2, 0) is 6.54 Å². The van der Waals surface area contributed by atoms with Crippen molar-refractivity contribution in [3.05, 3.63) is 23.7 Å². The number of furan rings is 1. The first-order chi connectivity index (χ1) is 8.74. The maximum absolute atomic E-state index is 10.9. The van der Waals surface area contributed by atoms with Gasteiger partial charge in [-0.05, 0) is 25.3 Å². The summed E-state index contributed by atoms with van der Waals surface area (Å²) in [5, 5.41) is 12.4. The summed E-state index contributed by atoms with van der Waals surface area (Å²) >= 11 is 0. The molecule has 3 rings (SSSR count). The van der Waals surface area contributed by atoms with Crippen molar-refractivity contribution in [2.45, 2.75) is 37.9 Å². The quantitative estimate of drug-likeness (QED) is 0.824. The number of carboxylic acids is 1. The van der Waals surface area contributed by atoms with Gasteiger partial charge in [0, 0.05) is 25.2 Å². The van der Waals surface area contributed by atoms with Crippen LogP contribution in [0.5, 0.6) is 0 Å². The smallest absolute Gasteiger partial charge is 0.339 e. The standard InChI is InChI=1S/C13H18N2O3/c16-13(17)11-4-6-18-12(11)7-14-9-3-5-15(8-9)10-1-2-10/h4,6,9-10,14H,1-3,5,7-8H2,(H,16,17). The van der Waals surface area contributed by atoms with E-state index >= 15 is 0 Å². The minimum absolute atomic E-state index is 0.263. The Kier molecular flexibility index (Phi) is 3.09. The van der Waals surface area contributed by atoms with E-state index in [4.69, 9.17) is 9.52 Å². The molecule has 2 heterocycles. The lowest BCUT2D eigenvalue weighted by atomic mass is 10.2. The Balaban J connectivity index is 1.52. The summed E-state index contributed by atoms with van der Waals surface area (Å²) in [5.74, 6) is -0.404. The highest BCUT2D eigenvalue weighted by atomic mass is 16.4. The van der Waals surface area contributed by atoms with E-state index in [9.17, 15) is 4.79 Å². The molecule has 5 heteroatoms. The summed E-state index contributed by atoms with van der Waals surface area (Å²) in [6.45, 7) is 2.73. The normalized spacial score (nSPS) is 24.6. The van der Waals surface area contributed by atoms with Crippen LogP contribution in [0.25, 0.3) is 0 Å². The van der Waals surface area contributed by atoms with Crippen LogP contribution in [0.15, 0.2) is 16.7 Å². The Hall–Kier alpha value is -1.33. The predicted octanol–water partition coefficient (Wildman–Crippen LogP) is 1.30. The van der Waals surface area contributed by atoms with E-state index in [0.717, 1.165) is 25.6 Å². The van der Waals surface area contributed by atoms with Crippen molar-refractivity contribution in [2.24, 2.45) is 0 Å². The summed E-state index contributed by atoms with van der Waals surface area (Å²) in [6, 6.07) is 2.78. The number of nitrogens with zero attached hydrogens (tertiary/aromatic N) is 1. The minimum atomic E-state index is -0.924. The lowest BCUT2D eigenvalue weighted by Gasteiger charge is -2.15. The lowest BCUT2D eigenvalue weighted by Crippen LogP contribution is -2.33. The monoisotopic (exact) mass is 250 g/mol. The Labute approximate surface area is 106 Å². The number of nitrogens with one attached hydrogen (secondary N) is 1. The molecular weight excluding hydrogens is 232 g/mol. The predicted molar refractivity (Wildman–Crippen MR) is 65.5 cm³/mol. The van der Waals surface area contributed by atoms with Gasteiger partial charge in [0.1, 0.15) is 11.3 Å². The first-order valence-electron chi connectivity index (χ1n) is 6.51. The molecule has 0 spiro atoms. The van der Waals surface area contributed by atoms with Crippen molar-refractivity contribution in [3.8, 4) is 0 Å². The molecule has 1 saturated heterocycles. The molecule has 1 atom stereocenters. The molecule has 5 nitrogen and oxygen atoms in total. The molecule has 1 saturated carbocycles. The van der Waals surface area contributed by atoms with Crippen molar-refractivity contribution in [1.82, 2.24) is 10.2 Å². The first kappa shape index (κ1) is 11.7. The van der Waals surface area contributed by atoms with E-state index in [0.29, 0.717) is 18.3 Å². The van der Waals surface area contributed by atoms with Gasteiger partial charge in [-0.3, -0.25) is 4.90 Å². The molecule has 0 aromatic carbocycles. The van der Waals surface area contributed by atoms with Crippen LogP contribution in [0.1, 0.15) is 35.4 Å². The molecule has 18 heavy (non-hydrogen) atoms. The molecule has 98 valence electrons. The van der Waals surface area contributed by atoms with Crippen LogP contribution >= 0.6 is 0 Å². The number of hydrogen-bond acceptors (Lipinski definition) is 4. The van der Waals surface area contributed by atoms with Crippen LogP contribution in [0, 0.1) is 0 Å². The summed E-state index contributed by atoms with van der Waals surface area (Å²) in [7, 11) is 0. The third kappa shape index (κ3) is 2.42. The van der Waals surface area contributed by atoms with Crippen molar-refractivity contribution in [2.75, 3.05) is 13.1 Å². The topological polar surface area (TPSA) is 65.7 Å². The van der Waals surface area contributed by atoms with Crippen molar-refractivity contribution < 1.29 is 14.3 Å². The van der Waals surface area contributed by atoms with Gasteiger partial charge in [0.05, 0.1) is 12.8 Å². The summed E-state index contributed by atoms with van der Waals surface area (Å²) in [6.07, 6.45) is 5.26. The van der Waals surface area contributed by atoms with Gasteiger partial charge in [-0.2, -0.15) is 0 Å². The van der Waals surface area contributed by atoms with E-state index in [1.807, 2.05) is 0 Å². The molecule has 0 amide bonds. The SMILES string of the molecule is O=C(O)c1ccoc1CNC1CCN(C2CC2)C1. The Bertz CT molecular complexity index is 439. The van der Waals surface area contributed by atoms with Crippen LogP contribution < -0.4 is 5.32 Å². The van der Waals surface area contributed by atoms with E-state index in [2.05, 4.69) is 10.2 Å². The maximum atomic E-state index is 10.9. The highest BCUT2D eigenvalue weighted by molar-refractivity contribution is 5.88. The Morgan fingerprint density at radius 3 is 3.06 bits per heavy atom. The van der Waals surface area contributed by atoms with Gasteiger partial charge in [0.25, 0.3) is 0 Å². The average molecular weight is 250 g/mol. The maximum Gasteiger partial charge on any atom is 0.339 e. The second kappa shape index (κ2) is 4.74. The molecule has 2 N–H and O–H groups in total. The molecule has 2 aliphatic rings. The highest BCUT2D eigenvalue weighted by Crippen LogP contribution is 2.29. The van der Waals surface area contributed by atoms with E-state index in [-0.39, 0.29) is 5.56 Å². The van der Waals surface area contributed by atoms with Gasteiger partial charge in [0.15, 0.2) is 0 Å². The van der Waals surface area contributed by atoms with Crippen LogP contribution in [0.3, 0.4) is 0 Å². The third-order valence-electron chi connectivity index (χ3n) is 3.81. The Morgan fingerprint density at radius 2 is 2.33 bits per heavy atom. The molecule has 1 aliphatic carbocycles. The zero-order valence-electron chi connectivity index (χ0n) is 10.3. The second-order valence-corrected chi connectivity index (χ2v) is 5.16. The largest absolute Gasteiger partial charge is 0.478 e. The van der Waals surface area contributed by atoms with Gasteiger partial charge in [0.2, 0.25) is 0 Å². The van der Waals surface area contributed by atoms with Gasteiger partial charge >= 0.3 is 5.97 Å². The summed E-state index contributed by atoms with van der Waals surface area (Å²) < 4.78 is 5.22. The second-order valence-electron chi connectivity index (χ2n) is 5.16. The molecule has 1 unspecified atom stereocenters. The summed E-state index contributed by atoms with van der Waals surface area (Å²) in [5.41, 5.74) is 0.263. The van der Waals surface area contributed by atoms with Crippen LogP contribution in [0.2, 0.25) is 0 Å². The lowest BCUT2D eigenvalue weighted by molar-refractivity contribution is 0.0694. The summed E-state index contributed by atoms with van der Waals surface area (Å²) in [4.78, 5) is 13.5. The molecule has 0 bridgehead atoms. The molecule has 1 aromatic rings. The zero-order valence-corrected chi connectivity index (χ0v) is 10.3. The minimum Gasteiger partial charge on any atom is -0.478 e. The number of carbonyl (C=O) groups is 1. The van der Waals surface area contributed by atoms with Crippen LogP contribution in [-0.4, -0.2) is 41.1 Å². The number of hydrogen-bond donors (Lipinski definition) is 2. The molecular formula is C13H18N2O3. The number of aromatic carboxylic acids is 1. The molecule has 2 fully saturated rings. The van der Waals surface area contributed by atoms with Crippen LogP contribution in [0.4, 0.5) is 0 Å². The fourth-order valence-electron chi connectivity index (χ4n) is 2.63. The third-order valence-corrected chi connectivity index (χ3v) is 3.81. The Morgan fingerprint density at radius 1 is 1.50 bits per heavy atom. The van der Waals surface area contributed by atoms with Gasteiger partial charge in [-0.15, -0.1) is 0 Å². The number of carboxylic acid groups (broad SMARTS) is 1. The van der Waals surface area contributed by atoms with Gasteiger partial charge in [-0.25, -0.2) is 4.79 Å². The number of rotatable bonds is 5. The van der Waals surface area contributed by atoms with E-state index < -0.39 is 5.97 Å². The van der Waals surface area contributed by atoms with E-state index in [1.165, 1.54) is 25.2 Å². The average Bonchev–Trinajstić information content (AvgIpc) is 2.92. The highest BCUT2D eigenvalue weighted by Gasteiger charge is 2.34. The molecule has 1 aliphatic heterocycles.